The van der Waals surface area contributed by atoms with Crippen LogP contribution in [0.1, 0.15) is 64.2 Å². The highest BCUT2D eigenvalue weighted by molar-refractivity contribution is 5.83. The van der Waals surface area contributed by atoms with Crippen LogP contribution in [0, 0.1) is 5.92 Å². The van der Waals surface area contributed by atoms with Gasteiger partial charge in [0.25, 0.3) is 0 Å². The molecular formula is C23H34F5N3O4. The van der Waals surface area contributed by atoms with Gasteiger partial charge < -0.3 is 25.8 Å². The molecule has 35 heavy (non-hydrogen) atoms. The number of alkyl halides is 5. The Morgan fingerprint density at radius 1 is 1.00 bits per heavy atom. The minimum atomic E-state index is -4.29. The van der Waals surface area contributed by atoms with E-state index in [0.29, 0.717) is 32.1 Å². The van der Waals surface area contributed by atoms with Crippen LogP contribution < -0.4 is 16.0 Å². The molecule has 0 spiro atoms. The number of aliphatic hydroxyl groups is 1. The van der Waals surface area contributed by atoms with Gasteiger partial charge >= 0.3 is 6.18 Å². The predicted molar refractivity (Wildman–Crippen MR) is 115 cm³/mol. The smallest absolute Gasteiger partial charge is 0.391 e. The Labute approximate surface area is 200 Å². The minimum absolute atomic E-state index is 0.0661. The number of amides is 2. The number of carbonyl (C=O) groups excluding carboxylic acids is 2. The van der Waals surface area contributed by atoms with E-state index in [2.05, 4.69) is 16.0 Å². The van der Waals surface area contributed by atoms with E-state index in [0.717, 1.165) is 0 Å². The summed E-state index contributed by atoms with van der Waals surface area (Å²) in [5, 5.41) is 19.4. The normalized spacial score (nSPS) is 41.9. The summed E-state index contributed by atoms with van der Waals surface area (Å²) >= 11 is 0. The van der Waals surface area contributed by atoms with E-state index in [-0.39, 0.29) is 51.2 Å². The molecule has 6 unspecified atom stereocenters. The first-order valence-corrected chi connectivity index (χ1v) is 12.4. The predicted octanol–water partition coefficient (Wildman–Crippen LogP) is 2.21. The molecule has 4 N–H and O–H groups in total. The summed E-state index contributed by atoms with van der Waals surface area (Å²) in [5.41, 5.74) is -1.52. The Bertz CT molecular complexity index is 782. The number of carbonyl (C=O) groups is 2. The lowest BCUT2D eigenvalue weighted by Gasteiger charge is -2.56. The third-order valence-corrected chi connectivity index (χ3v) is 8.39. The monoisotopic (exact) mass is 511 g/mol. The molecule has 5 fully saturated rings. The van der Waals surface area contributed by atoms with Gasteiger partial charge in [0.15, 0.2) is 0 Å². The second-order valence-electron chi connectivity index (χ2n) is 10.7. The third-order valence-electron chi connectivity index (χ3n) is 8.39. The summed E-state index contributed by atoms with van der Waals surface area (Å²) in [7, 11) is 0. The van der Waals surface area contributed by atoms with Crippen LogP contribution in [0.5, 0.6) is 0 Å². The zero-order valence-electron chi connectivity index (χ0n) is 19.5. The van der Waals surface area contributed by atoms with Crippen molar-refractivity contribution in [3.63, 3.8) is 0 Å². The van der Waals surface area contributed by atoms with E-state index in [1.807, 2.05) is 0 Å². The number of hydrogen-bond donors (Lipinski definition) is 4. The van der Waals surface area contributed by atoms with Crippen molar-refractivity contribution in [1.82, 2.24) is 16.0 Å². The first-order chi connectivity index (χ1) is 16.4. The van der Waals surface area contributed by atoms with Gasteiger partial charge in [-0.3, -0.25) is 9.59 Å². The van der Waals surface area contributed by atoms with Gasteiger partial charge in [-0.05, 0) is 57.8 Å². The Balaban J connectivity index is 1.24. The molecule has 7 nitrogen and oxygen atoms in total. The summed E-state index contributed by atoms with van der Waals surface area (Å²) in [4.78, 5) is 25.3. The molecule has 5 rings (SSSR count). The van der Waals surface area contributed by atoms with Gasteiger partial charge in [-0.1, -0.05) is 0 Å². The lowest BCUT2D eigenvalue weighted by atomic mass is 9.59. The standard InChI is InChI=1S/C23H34F5N3O4/c24-15-3-2-14(9-16(15)25)35-12-19(33)30-21-5-7-22(8-6-21,18(32)10-21)31-20(34)17-4-1-13(11-29-17)23(26,27)28/h13-18,29,32H,1-12H2,(H,30,33)(H,31,34). The number of nitrogens with one attached hydrogen (secondary N) is 3. The molecule has 1 heterocycles. The third kappa shape index (κ3) is 5.90. The molecule has 0 aromatic carbocycles. The lowest BCUT2D eigenvalue weighted by Crippen LogP contribution is -2.71. The molecule has 6 atom stereocenters. The number of halogens is 5. The van der Waals surface area contributed by atoms with Crippen molar-refractivity contribution in [3.05, 3.63) is 0 Å². The van der Waals surface area contributed by atoms with Crippen LogP contribution in [0.2, 0.25) is 0 Å². The summed E-state index contributed by atoms with van der Waals surface area (Å²) in [6, 6.07) is -0.739. The Kier molecular flexibility index (Phi) is 7.64. The maximum Gasteiger partial charge on any atom is 0.393 e. The quantitative estimate of drug-likeness (QED) is 0.410. The molecule has 4 aliphatic carbocycles. The fraction of sp³-hybridized carbons (Fsp3) is 0.913. The molecule has 200 valence electrons. The maximum absolute atomic E-state index is 13.5. The highest BCUT2D eigenvalue weighted by Gasteiger charge is 2.56. The average Bonchev–Trinajstić information content (AvgIpc) is 2.80. The molecule has 1 aliphatic heterocycles. The molecular weight excluding hydrogens is 477 g/mol. The van der Waals surface area contributed by atoms with Gasteiger partial charge in [0, 0.05) is 18.5 Å². The lowest BCUT2D eigenvalue weighted by molar-refractivity contribution is -0.180. The van der Waals surface area contributed by atoms with E-state index in [1.54, 1.807) is 0 Å². The Morgan fingerprint density at radius 3 is 2.29 bits per heavy atom. The van der Waals surface area contributed by atoms with Crippen molar-refractivity contribution in [3.8, 4) is 0 Å². The Morgan fingerprint density at radius 2 is 1.71 bits per heavy atom. The molecule has 2 bridgehead atoms. The van der Waals surface area contributed by atoms with Crippen LogP contribution in [0.25, 0.3) is 0 Å². The second-order valence-corrected chi connectivity index (χ2v) is 10.7. The van der Waals surface area contributed by atoms with E-state index in [9.17, 15) is 36.6 Å². The molecule has 0 aromatic rings. The van der Waals surface area contributed by atoms with Gasteiger partial charge in [-0.25, -0.2) is 8.78 Å². The van der Waals surface area contributed by atoms with Crippen molar-refractivity contribution in [2.75, 3.05) is 13.2 Å². The van der Waals surface area contributed by atoms with E-state index >= 15 is 0 Å². The molecule has 12 heteroatoms. The van der Waals surface area contributed by atoms with Crippen molar-refractivity contribution in [2.24, 2.45) is 5.92 Å². The summed E-state index contributed by atoms with van der Waals surface area (Å²) in [6.07, 6.45) is -6.40. The van der Waals surface area contributed by atoms with Gasteiger partial charge in [0.2, 0.25) is 11.8 Å². The largest absolute Gasteiger partial charge is 0.393 e. The van der Waals surface area contributed by atoms with Gasteiger partial charge in [-0.2, -0.15) is 13.2 Å². The number of rotatable bonds is 6. The fourth-order valence-electron chi connectivity index (χ4n) is 6.07. The van der Waals surface area contributed by atoms with Crippen LogP contribution in [-0.2, 0) is 14.3 Å². The summed E-state index contributed by atoms with van der Waals surface area (Å²) < 4.78 is 70.9. The van der Waals surface area contributed by atoms with Crippen molar-refractivity contribution in [2.45, 2.75) is 112 Å². The zero-order chi connectivity index (χ0) is 25.4. The first kappa shape index (κ1) is 26.5. The first-order valence-electron chi connectivity index (χ1n) is 12.4. The number of piperidine rings is 1. The van der Waals surface area contributed by atoms with Crippen LogP contribution in [0.15, 0.2) is 0 Å². The highest BCUT2D eigenvalue weighted by Crippen LogP contribution is 2.47. The topological polar surface area (TPSA) is 99.7 Å². The van der Waals surface area contributed by atoms with Crippen molar-refractivity contribution >= 4 is 11.8 Å². The molecule has 1 saturated heterocycles. The molecule has 0 radical (unpaired) electrons. The highest BCUT2D eigenvalue weighted by atomic mass is 19.4. The number of ether oxygens (including phenoxy) is 1. The number of fused-ring (bicyclic) bond motifs is 3. The fourth-order valence-corrected chi connectivity index (χ4v) is 6.07. The van der Waals surface area contributed by atoms with Crippen LogP contribution in [0.3, 0.4) is 0 Å². The second kappa shape index (κ2) is 10.1. The van der Waals surface area contributed by atoms with Crippen LogP contribution in [0.4, 0.5) is 22.0 Å². The van der Waals surface area contributed by atoms with Crippen LogP contribution in [-0.4, -0.2) is 77.9 Å². The average molecular weight is 512 g/mol. The van der Waals surface area contributed by atoms with Crippen molar-refractivity contribution in [1.29, 1.82) is 0 Å². The van der Waals surface area contributed by atoms with E-state index in [1.165, 1.54) is 0 Å². The van der Waals surface area contributed by atoms with Crippen LogP contribution >= 0.6 is 0 Å². The van der Waals surface area contributed by atoms with Crippen molar-refractivity contribution < 1.29 is 41.4 Å². The molecule has 2 amide bonds. The summed E-state index contributed by atoms with van der Waals surface area (Å²) in [6.45, 7) is -0.587. The maximum atomic E-state index is 13.5. The Hall–Kier alpha value is -1.53. The number of hydrogen-bond acceptors (Lipinski definition) is 5. The van der Waals surface area contributed by atoms with E-state index < -0.39 is 59.7 Å². The summed E-state index contributed by atoms with van der Waals surface area (Å²) in [5.74, 6) is -2.27. The minimum Gasteiger partial charge on any atom is -0.391 e. The van der Waals surface area contributed by atoms with E-state index in [4.69, 9.17) is 4.74 Å². The van der Waals surface area contributed by atoms with Gasteiger partial charge in [0.1, 0.15) is 19.0 Å². The molecule has 5 aliphatic rings. The zero-order valence-corrected chi connectivity index (χ0v) is 19.5. The SMILES string of the molecule is O=C(COC1CCC(F)C(F)C1)NC12CCC(NC(=O)C3CCC(C(F)(F)F)CN3)(CC1)C(O)C2. The van der Waals surface area contributed by atoms with Gasteiger partial charge in [-0.15, -0.1) is 0 Å². The van der Waals surface area contributed by atoms with Gasteiger partial charge in [0.05, 0.1) is 29.7 Å². The molecule has 4 saturated carbocycles. The molecule has 0 aromatic heterocycles. The number of aliphatic hydroxyl groups excluding tert-OH is 1.